The number of hydrogen-bond acceptors (Lipinski definition) is 5. The second-order valence-corrected chi connectivity index (χ2v) is 6.46. The molecule has 0 aromatic heterocycles. The lowest BCUT2D eigenvalue weighted by atomic mass is 10.2. The summed E-state index contributed by atoms with van der Waals surface area (Å²) in [7, 11) is -4.09. The molecule has 1 unspecified atom stereocenters. The zero-order valence-corrected chi connectivity index (χ0v) is 13.1. The van der Waals surface area contributed by atoms with Crippen LogP contribution >= 0.6 is 0 Å². The van der Waals surface area contributed by atoms with Gasteiger partial charge in [-0.05, 0) is 31.2 Å². The van der Waals surface area contributed by atoms with Crippen LogP contribution in [-0.2, 0) is 14.8 Å². The number of nitrogens with one attached hydrogen (secondary N) is 2. The largest absolute Gasteiger partial charge is 0.490 e. The van der Waals surface area contributed by atoms with Crippen molar-refractivity contribution in [3.63, 3.8) is 0 Å². The maximum absolute atomic E-state index is 12.3. The molecule has 0 spiro atoms. The molecule has 9 heteroatoms. The first-order valence-corrected chi connectivity index (χ1v) is 8.13. The zero-order chi connectivity index (χ0) is 17.0. The molecule has 2 rings (SSSR count). The summed E-state index contributed by atoms with van der Waals surface area (Å²) in [5, 5.41) is 0.312. The van der Waals surface area contributed by atoms with E-state index in [9.17, 15) is 18.0 Å². The Kier molecular flexibility index (Phi) is 4.80. The monoisotopic (exact) mass is 337 g/mol. The summed E-state index contributed by atoms with van der Waals surface area (Å²) in [6, 6.07) is 5.27. The standard InChI is InChI=1S/C14H15N3O5S/c1-3-8-22-11-6-4-10(5-7-11)17-23(20,21)12-9(2)15-14(19)16-13(12)18/h3-7,12,17H,1,8H2,2H3,(H,16,18,19). The van der Waals surface area contributed by atoms with Crippen molar-refractivity contribution in [1.29, 1.82) is 0 Å². The second-order valence-electron chi connectivity index (χ2n) is 4.70. The SMILES string of the molecule is C=CCOc1ccc(NS(=O)(=O)C2C(=O)NC(=O)N=C2C)cc1. The predicted molar refractivity (Wildman–Crippen MR) is 85.1 cm³/mol. The van der Waals surface area contributed by atoms with Crippen LogP contribution in [0.1, 0.15) is 6.92 Å². The molecule has 1 aromatic rings. The number of ether oxygens (including phenoxy) is 1. The quantitative estimate of drug-likeness (QED) is 0.754. The summed E-state index contributed by atoms with van der Waals surface area (Å²) >= 11 is 0. The number of urea groups is 1. The number of imide groups is 1. The van der Waals surface area contributed by atoms with Crippen LogP contribution in [0.25, 0.3) is 0 Å². The smallest absolute Gasteiger partial charge is 0.347 e. The third kappa shape index (κ3) is 3.95. The molecule has 0 saturated heterocycles. The van der Waals surface area contributed by atoms with Gasteiger partial charge in [-0.1, -0.05) is 12.7 Å². The van der Waals surface area contributed by atoms with Crippen molar-refractivity contribution in [2.24, 2.45) is 4.99 Å². The third-order valence-corrected chi connectivity index (χ3v) is 4.61. The second kappa shape index (κ2) is 6.61. The van der Waals surface area contributed by atoms with Crippen LogP contribution < -0.4 is 14.8 Å². The molecule has 1 aliphatic rings. The molecule has 0 saturated carbocycles. The molecule has 0 bridgehead atoms. The number of anilines is 1. The highest BCUT2D eigenvalue weighted by Crippen LogP contribution is 2.19. The molecular weight excluding hydrogens is 322 g/mol. The van der Waals surface area contributed by atoms with Gasteiger partial charge < -0.3 is 4.74 Å². The fraction of sp³-hybridized carbons (Fsp3) is 0.214. The molecule has 1 heterocycles. The van der Waals surface area contributed by atoms with Crippen molar-refractivity contribution < 1.29 is 22.7 Å². The van der Waals surface area contributed by atoms with Crippen LogP contribution in [0.2, 0.25) is 0 Å². The number of rotatable bonds is 6. The number of nitrogens with zero attached hydrogens (tertiary/aromatic N) is 1. The lowest BCUT2D eigenvalue weighted by Crippen LogP contribution is -2.51. The summed E-state index contributed by atoms with van der Waals surface area (Å²) in [4.78, 5) is 26.3. The van der Waals surface area contributed by atoms with Crippen LogP contribution in [-0.4, -0.2) is 37.9 Å². The molecule has 1 aromatic carbocycles. The van der Waals surface area contributed by atoms with Crippen molar-refractivity contribution in [3.8, 4) is 5.75 Å². The minimum Gasteiger partial charge on any atom is -0.490 e. The van der Waals surface area contributed by atoms with E-state index in [-0.39, 0.29) is 11.4 Å². The number of carbonyl (C=O) groups is 2. The van der Waals surface area contributed by atoms with Crippen LogP contribution in [0, 0.1) is 0 Å². The molecule has 3 amide bonds. The highest BCUT2D eigenvalue weighted by Gasteiger charge is 2.39. The average molecular weight is 337 g/mol. The summed E-state index contributed by atoms with van der Waals surface area (Å²) in [6.45, 7) is 5.17. The number of carbonyl (C=O) groups excluding carboxylic acids is 2. The fourth-order valence-corrected chi connectivity index (χ4v) is 3.40. The van der Waals surface area contributed by atoms with Crippen LogP contribution in [0.3, 0.4) is 0 Å². The Morgan fingerprint density at radius 2 is 2.00 bits per heavy atom. The lowest BCUT2D eigenvalue weighted by Gasteiger charge is -2.20. The highest BCUT2D eigenvalue weighted by atomic mass is 32.2. The lowest BCUT2D eigenvalue weighted by molar-refractivity contribution is -0.118. The third-order valence-electron chi connectivity index (χ3n) is 2.92. The molecule has 1 atom stereocenters. The van der Waals surface area contributed by atoms with Gasteiger partial charge in [-0.25, -0.2) is 18.2 Å². The Morgan fingerprint density at radius 1 is 1.35 bits per heavy atom. The van der Waals surface area contributed by atoms with E-state index in [1.165, 1.54) is 19.1 Å². The number of benzene rings is 1. The molecule has 0 aliphatic carbocycles. The van der Waals surface area contributed by atoms with E-state index >= 15 is 0 Å². The van der Waals surface area contributed by atoms with E-state index in [1.54, 1.807) is 18.2 Å². The maximum Gasteiger partial charge on any atom is 0.347 e. The van der Waals surface area contributed by atoms with Gasteiger partial charge >= 0.3 is 6.03 Å². The van der Waals surface area contributed by atoms with Gasteiger partial charge in [-0.2, -0.15) is 0 Å². The van der Waals surface area contributed by atoms with Crippen LogP contribution in [0.4, 0.5) is 10.5 Å². The van der Waals surface area contributed by atoms with Gasteiger partial charge in [0.15, 0.2) is 5.25 Å². The summed E-state index contributed by atoms with van der Waals surface area (Å²) in [6.07, 6.45) is 1.59. The maximum atomic E-state index is 12.3. The molecule has 8 nitrogen and oxygen atoms in total. The van der Waals surface area contributed by atoms with Gasteiger partial charge in [-0.15, -0.1) is 0 Å². The van der Waals surface area contributed by atoms with E-state index in [0.717, 1.165) is 0 Å². The molecule has 0 radical (unpaired) electrons. The summed E-state index contributed by atoms with van der Waals surface area (Å²) < 4.78 is 32.2. The van der Waals surface area contributed by atoms with Gasteiger partial charge in [0.05, 0.1) is 5.71 Å². The van der Waals surface area contributed by atoms with Crippen molar-refractivity contribution in [3.05, 3.63) is 36.9 Å². The number of amides is 3. The van der Waals surface area contributed by atoms with Crippen LogP contribution in [0.15, 0.2) is 41.9 Å². The number of hydrogen-bond donors (Lipinski definition) is 2. The van der Waals surface area contributed by atoms with Gasteiger partial charge in [0, 0.05) is 5.69 Å². The normalized spacial score (nSPS) is 18.0. The minimum absolute atomic E-state index is 0.0859. The first-order chi connectivity index (χ1) is 10.8. The Balaban J connectivity index is 2.18. The van der Waals surface area contributed by atoms with E-state index in [0.29, 0.717) is 12.4 Å². The minimum atomic E-state index is -4.09. The Bertz CT molecular complexity index is 768. The number of sulfonamides is 1. The van der Waals surface area contributed by atoms with Gasteiger partial charge in [0.2, 0.25) is 10.0 Å². The molecule has 23 heavy (non-hydrogen) atoms. The average Bonchev–Trinajstić information content (AvgIpc) is 2.44. The van der Waals surface area contributed by atoms with Gasteiger partial charge in [-0.3, -0.25) is 14.8 Å². The van der Waals surface area contributed by atoms with E-state index in [4.69, 9.17) is 4.74 Å². The summed E-state index contributed by atoms with van der Waals surface area (Å²) in [5.41, 5.74) is 0.172. The predicted octanol–water partition coefficient (Wildman–Crippen LogP) is 1.07. The Hall–Kier alpha value is -2.68. The first-order valence-electron chi connectivity index (χ1n) is 6.59. The highest BCUT2D eigenvalue weighted by molar-refractivity contribution is 7.94. The zero-order valence-electron chi connectivity index (χ0n) is 12.3. The number of aliphatic imine (C=N–C) groups is 1. The van der Waals surface area contributed by atoms with E-state index < -0.39 is 27.2 Å². The van der Waals surface area contributed by atoms with Crippen molar-refractivity contribution in [2.75, 3.05) is 11.3 Å². The molecule has 2 N–H and O–H groups in total. The van der Waals surface area contributed by atoms with Crippen LogP contribution in [0.5, 0.6) is 5.75 Å². The topological polar surface area (TPSA) is 114 Å². The summed E-state index contributed by atoms with van der Waals surface area (Å²) in [5.74, 6) is -0.382. The molecule has 0 fully saturated rings. The molecular formula is C14H15N3O5S. The Morgan fingerprint density at radius 3 is 2.57 bits per heavy atom. The molecule has 1 aliphatic heterocycles. The van der Waals surface area contributed by atoms with Crippen molar-refractivity contribution >= 4 is 33.4 Å². The van der Waals surface area contributed by atoms with E-state index in [2.05, 4.69) is 16.3 Å². The first kappa shape index (κ1) is 16.7. The van der Waals surface area contributed by atoms with Crippen molar-refractivity contribution in [1.82, 2.24) is 5.32 Å². The van der Waals surface area contributed by atoms with Crippen molar-refractivity contribution in [2.45, 2.75) is 12.2 Å². The fourth-order valence-electron chi connectivity index (χ4n) is 1.97. The van der Waals surface area contributed by atoms with Gasteiger partial charge in [0.1, 0.15) is 12.4 Å². The van der Waals surface area contributed by atoms with Gasteiger partial charge in [0.25, 0.3) is 5.91 Å². The molecule has 122 valence electrons. The van der Waals surface area contributed by atoms with E-state index in [1.807, 2.05) is 5.32 Å². The Labute approximate surface area is 133 Å².